The van der Waals surface area contributed by atoms with E-state index >= 15 is 0 Å². The lowest BCUT2D eigenvalue weighted by Gasteiger charge is -2.20. The quantitative estimate of drug-likeness (QED) is 0.624. The third kappa shape index (κ3) is 3.78. The molecule has 0 radical (unpaired) electrons. The summed E-state index contributed by atoms with van der Waals surface area (Å²) >= 11 is 0. The molecule has 12 heavy (non-hydrogen) atoms. The molecular formula is C11H19N. The minimum atomic E-state index is 0.519. The SMILES string of the molecule is NCC#CCCC1CCCCC1. The molecule has 0 aromatic carbocycles. The van der Waals surface area contributed by atoms with E-state index in [1.54, 1.807) is 0 Å². The van der Waals surface area contributed by atoms with Crippen LogP contribution >= 0.6 is 0 Å². The predicted molar refractivity (Wildman–Crippen MR) is 52.6 cm³/mol. The van der Waals surface area contributed by atoms with Crippen LogP contribution in [0.4, 0.5) is 0 Å². The fourth-order valence-corrected chi connectivity index (χ4v) is 1.91. The highest BCUT2D eigenvalue weighted by molar-refractivity contribution is 4.99. The van der Waals surface area contributed by atoms with E-state index in [2.05, 4.69) is 11.8 Å². The summed E-state index contributed by atoms with van der Waals surface area (Å²) in [6.07, 6.45) is 9.55. The van der Waals surface area contributed by atoms with Crippen molar-refractivity contribution in [3.05, 3.63) is 0 Å². The average Bonchev–Trinajstić information content (AvgIpc) is 2.14. The maximum absolute atomic E-state index is 5.27. The van der Waals surface area contributed by atoms with Crippen LogP contribution in [0.1, 0.15) is 44.9 Å². The molecule has 0 spiro atoms. The summed E-state index contributed by atoms with van der Waals surface area (Å²) in [4.78, 5) is 0. The first-order chi connectivity index (χ1) is 5.93. The maximum atomic E-state index is 5.27. The topological polar surface area (TPSA) is 26.0 Å². The Balaban J connectivity index is 2.05. The number of hydrogen-bond donors (Lipinski definition) is 1. The van der Waals surface area contributed by atoms with E-state index in [1.807, 2.05) is 0 Å². The second kappa shape index (κ2) is 6.08. The van der Waals surface area contributed by atoms with E-state index in [0.29, 0.717) is 6.54 Å². The van der Waals surface area contributed by atoms with Gasteiger partial charge in [0.1, 0.15) is 0 Å². The molecule has 1 fully saturated rings. The first-order valence-corrected chi connectivity index (χ1v) is 5.09. The predicted octanol–water partition coefficient (Wildman–Crippen LogP) is 2.31. The molecule has 0 aliphatic heterocycles. The van der Waals surface area contributed by atoms with E-state index in [1.165, 1.54) is 38.5 Å². The van der Waals surface area contributed by atoms with Gasteiger partial charge in [-0.1, -0.05) is 38.0 Å². The number of rotatable bonds is 2. The lowest BCUT2D eigenvalue weighted by Crippen LogP contribution is -2.05. The third-order valence-electron chi connectivity index (χ3n) is 2.63. The van der Waals surface area contributed by atoms with Crippen LogP contribution in [-0.2, 0) is 0 Å². The Hall–Kier alpha value is -0.480. The standard InChI is InChI=1S/C11H19N/c12-10-6-2-5-9-11-7-3-1-4-8-11/h11H,1,3-5,7-10,12H2. The molecule has 0 atom stereocenters. The van der Waals surface area contributed by atoms with Gasteiger partial charge in [-0.2, -0.15) is 0 Å². The Labute approximate surface area is 75.7 Å². The van der Waals surface area contributed by atoms with E-state index in [4.69, 9.17) is 5.73 Å². The normalized spacial score (nSPS) is 18.4. The summed E-state index contributed by atoms with van der Waals surface area (Å²) in [5.41, 5.74) is 5.27. The van der Waals surface area contributed by atoms with E-state index in [9.17, 15) is 0 Å². The van der Waals surface area contributed by atoms with E-state index < -0.39 is 0 Å². The molecule has 1 aliphatic rings. The van der Waals surface area contributed by atoms with Crippen LogP contribution in [0.3, 0.4) is 0 Å². The van der Waals surface area contributed by atoms with Crippen LogP contribution in [0.2, 0.25) is 0 Å². The molecule has 0 unspecified atom stereocenters. The molecular weight excluding hydrogens is 146 g/mol. The van der Waals surface area contributed by atoms with Crippen molar-refractivity contribution in [2.24, 2.45) is 11.7 Å². The van der Waals surface area contributed by atoms with Crippen molar-refractivity contribution in [2.45, 2.75) is 44.9 Å². The molecule has 1 rings (SSSR count). The molecule has 0 bridgehead atoms. The Morgan fingerprint density at radius 3 is 2.50 bits per heavy atom. The smallest absolute Gasteiger partial charge is 0.0551 e. The van der Waals surface area contributed by atoms with Gasteiger partial charge in [-0.05, 0) is 12.3 Å². The van der Waals surface area contributed by atoms with Crippen molar-refractivity contribution in [2.75, 3.05) is 6.54 Å². The van der Waals surface area contributed by atoms with Gasteiger partial charge >= 0.3 is 0 Å². The van der Waals surface area contributed by atoms with Crippen LogP contribution in [0.5, 0.6) is 0 Å². The zero-order valence-corrected chi connectivity index (χ0v) is 7.81. The van der Waals surface area contributed by atoms with Crippen LogP contribution in [0.15, 0.2) is 0 Å². The van der Waals surface area contributed by atoms with E-state index in [0.717, 1.165) is 12.3 Å². The Morgan fingerprint density at radius 1 is 1.08 bits per heavy atom. The van der Waals surface area contributed by atoms with Gasteiger partial charge < -0.3 is 5.73 Å². The summed E-state index contributed by atoms with van der Waals surface area (Å²) < 4.78 is 0. The summed E-state index contributed by atoms with van der Waals surface area (Å²) in [7, 11) is 0. The zero-order valence-electron chi connectivity index (χ0n) is 7.81. The van der Waals surface area contributed by atoms with Crippen LogP contribution in [0, 0.1) is 17.8 Å². The molecule has 0 heterocycles. The van der Waals surface area contributed by atoms with E-state index in [-0.39, 0.29) is 0 Å². The van der Waals surface area contributed by atoms with Crippen molar-refractivity contribution >= 4 is 0 Å². The summed E-state index contributed by atoms with van der Waals surface area (Å²) in [6, 6.07) is 0. The monoisotopic (exact) mass is 165 g/mol. The van der Waals surface area contributed by atoms with Gasteiger partial charge in [0.15, 0.2) is 0 Å². The molecule has 0 aromatic rings. The van der Waals surface area contributed by atoms with Crippen molar-refractivity contribution in [1.29, 1.82) is 0 Å². The molecule has 68 valence electrons. The van der Waals surface area contributed by atoms with Crippen molar-refractivity contribution in [1.82, 2.24) is 0 Å². The molecule has 1 nitrogen and oxygen atoms in total. The summed E-state index contributed by atoms with van der Waals surface area (Å²) in [6.45, 7) is 0.519. The van der Waals surface area contributed by atoms with Gasteiger partial charge in [-0.25, -0.2) is 0 Å². The molecule has 0 saturated heterocycles. The zero-order chi connectivity index (χ0) is 8.65. The molecule has 2 N–H and O–H groups in total. The minimum Gasteiger partial charge on any atom is -0.320 e. The van der Waals surface area contributed by atoms with Crippen molar-refractivity contribution < 1.29 is 0 Å². The Bertz CT molecular complexity index is 158. The fraction of sp³-hybridized carbons (Fsp3) is 0.818. The number of nitrogens with two attached hydrogens (primary N) is 1. The third-order valence-corrected chi connectivity index (χ3v) is 2.63. The summed E-state index contributed by atoms with van der Waals surface area (Å²) in [5.74, 6) is 6.99. The van der Waals surface area contributed by atoms with Crippen molar-refractivity contribution in [3.63, 3.8) is 0 Å². The van der Waals surface area contributed by atoms with Crippen molar-refractivity contribution in [3.8, 4) is 11.8 Å². The Kier molecular flexibility index (Phi) is 4.87. The van der Waals surface area contributed by atoms with Crippen LogP contribution < -0.4 is 5.73 Å². The highest BCUT2D eigenvalue weighted by Crippen LogP contribution is 2.26. The van der Waals surface area contributed by atoms with Crippen LogP contribution in [-0.4, -0.2) is 6.54 Å². The highest BCUT2D eigenvalue weighted by atomic mass is 14.5. The molecule has 0 aromatic heterocycles. The maximum Gasteiger partial charge on any atom is 0.0551 e. The second-order valence-electron chi connectivity index (χ2n) is 3.60. The minimum absolute atomic E-state index is 0.519. The molecule has 1 heteroatoms. The Morgan fingerprint density at radius 2 is 1.83 bits per heavy atom. The van der Waals surface area contributed by atoms with Crippen LogP contribution in [0.25, 0.3) is 0 Å². The lowest BCUT2D eigenvalue weighted by atomic mass is 9.86. The largest absolute Gasteiger partial charge is 0.320 e. The first kappa shape index (κ1) is 9.61. The molecule has 1 saturated carbocycles. The first-order valence-electron chi connectivity index (χ1n) is 5.09. The molecule has 1 aliphatic carbocycles. The second-order valence-corrected chi connectivity index (χ2v) is 3.60. The van der Waals surface area contributed by atoms with Gasteiger partial charge in [0, 0.05) is 6.42 Å². The highest BCUT2D eigenvalue weighted by Gasteiger charge is 2.11. The van der Waals surface area contributed by atoms with Gasteiger partial charge in [0.2, 0.25) is 0 Å². The lowest BCUT2D eigenvalue weighted by molar-refractivity contribution is 0.342. The average molecular weight is 165 g/mol. The molecule has 0 amide bonds. The number of hydrogen-bond acceptors (Lipinski definition) is 1. The van der Waals surface area contributed by atoms with Gasteiger partial charge in [-0.15, -0.1) is 5.92 Å². The van der Waals surface area contributed by atoms with Gasteiger partial charge in [0.25, 0.3) is 0 Å². The van der Waals surface area contributed by atoms with Gasteiger partial charge in [0.05, 0.1) is 6.54 Å². The fourth-order valence-electron chi connectivity index (χ4n) is 1.91. The summed E-state index contributed by atoms with van der Waals surface area (Å²) in [5, 5.41) is 0. The van der Waals surface area contributed by atoms with Gasteiger partial charge in [-0.3, -0.25) is 0 Å².